The first-order valence-corrected chi connectivity index (χ1v) is 5.69. The molecule has 0 unspecified atom stereocenters. The van der Waals surface area contributed by atoms with Crippen LogP contribution >= 0.6 is 17.0 Å². The number of carbonyl (C=O) groups excluding carboxylic acids is 1. The number of benzene rings is 1. The molecule has 0 aliphatic rings. The predicted molar refractivity (Wildman–Crippen MR) is 80.9 cm³/mol. The monoisotopic (exact) mass is 327 g/mol. The fourth-order valence-corrected chi connectivity index (χ4v) is 1.47. The molecule has 0 aliphatic carbocycles. The lowest BCUT2D eigenvalue weighted by Gasteiger charge is -2.02. The molecule has 1 aromatic carbocycles. The van der Waals surface area contributed by atoms with Crippen LogP contribution in [0.3, 0.4) is 0 Å². The van der Waals surface area contributed by atoms with Gasteiger partial charge in [-0.2, -0.15) is 0 Å². The van der Waals surface area contributed by atoms with Crippen molar-refractivity contribution in [2.75, 3.05) is 13.7 Å². The molecule has 0 spiro atoms. The third kappa shape index (κ3) is 5.70. The van der Waals surface area contributed by atoms with E-state index in [-0.39, 0.29) is 23.0 Å². The van der Waals surface area contributed by atoms with Gasteiger partial charge in [-0.15, -0.1) is 17.0 Å². The highest BCUT2D eigenvalue weighted by atomic mass is 79.9. The van der Waals surface area contributed by atoms with Crippen LogP contribution in [0.4, 0.5) is 0 Å². The van der Waals surface area contributed by atoms with Gasteiger partial charge in [-0.1, -0.05) is 12.1 Å². The summed E-state index contributed by atoms with van der Waals surface area (Å²) in [6.45, 7) is 3.65. The van der Waals surface area contributed by atoms with Crippen molar-refractivity contribution in [2.24, 2.45) is 0 Å². The van der Waals surface area contributed by atoms with E-state index in [4.69, 9.17) is 4.74 Å². The van der Waals surface area contributed by atoms with Crippen molar-refractivity contribution >= 4 is 33.7 Å². The largest absolute Gasteiger partial charge is 0.496 e. The van der Waals surface area contributed by atoms with Gasteiger partial charge in [-0.25, -0.2) is 0 Å². The number of esters is 1. The quantitative estimate of drug-likeness (QED) is 0.793. The molecule has 1 aromatic heterocycles. The zero-order valence-corrected chi connectivity index (χ0v) is 13.0. The zero-order chi connectivity index (χ0) is 13.4. The second-order valence-corrected chi connectivity index (χ2v) is 3.48. The molecular weight excluding hydrogens is 310 g/mol. The second kappa shape index (κ2) is 9.33. The normalized spacial score (nSPS) is 8.79. The molecule has 0 radical (unpaired) electrons. The summed E-state index contributed by atoms with van der Waals surface area (Å²) < 4.78 is 9.60. The van der Waals surface area contributed by atoms with Crippen LogP contribution in [0.15, 0.2) is 36.7 Å². The lowest BCUT2D eigenvalue weighted by atomic mass is 10.2. The van der Waals surface area contributed by atoms with Gasteiger partial charge in [0.25, 0.3) is 0 Å². The number of rotatable bonds is 2. The number of ether oxygens (including phenoxy) is 2. The summed E-state index contributed by atoms with van der Waals surface area (Å²) in [6.07, 6.45) is 3.60. The fourth-order valence-electron chi connectivity index (χ4n) is 1.47. The third-order valence-electron chi connectivity index (χ3n) is 2.21. The molecule has 1 heterocycles. The number of hydrogen-bond acceptors (Lipinski definition) is 4. The van der Waals surface area contributed by atoms with Crippen molar-refractivity contribution in [1.29, 1.82) is 0 Å². The van der Waals surface area contributed by atoms with Gasteiger partial charge in [-0.3, -0.25) is 9.78 Å². The highest BCUT2D eigenvalue weighted by molar-refractivity contribution is 8.93. The molecule has 0 fully saturated rings. The first-order valence-electron chi connectivity index (χ1n) is 5.69. The smallest absolute Gasteiger partial charge is 0.302 e. The van der Waals surface area contributed by atoms with E-state index in [0.717, 1.165) is 16.5 Å². The van der Waals surface area contributed by atoms with Crippen LogP contribution in [0.25, 0.3) is 10.8 Å². The average Bonchev–Trinajstić information content (AvgIpc) is 2.38. The highest BCUT2D eigenvalue weighted by Crippen LogP contribution is 2.23. The van der Waals surface area contributed by atoms with Gasteiger partial charge in [0.2, 0.25) is 0 Å². The van der Waals surface area contributed by atoms with Crippen molar-refractivity contribution in [3.8, 4) is 5.75 Å². The molecule has 5 heteroatoms. The maximum Gasteiger partial charge on any atom is 0.302 e. The van der Waals surface area contributed by atoms with Crippen molar-refractivity contribution in [3.05, 3.63) is 36.7 Å². The van der Waals surface area contributed by atoms with E-state index >= 15 is 0 Å². The Balaban J connectivity index is 0.000000404. The van der Waals surface area contributed by atoms with Gasteiger partial charge in [0, 0.05) is 30.1 Å². The Morgan fingerprint density at radius 3 is 2.58 bits per heavy atom. The minimum absolute atomic E-state index is 0. The van der Waals surface area contributed by atoms with Crippen LogP contribution in [0.5, 0.6) is 5.75 Å². The Morgan fingerprint density at radius 2 is 2.05 bits per heavy atom. The number of hydrogen-bond donors (Lipinski definition) is 0. The first-order chi connectivity index (χ1) is 8.69. The van der Waals surface area contributed by atoms with Gasteiger partial charge in [0.15, 0.2) is 0 Å². The lowest BCUT2D eigenvalue weighted by molar-refractivity contribution is -0.140. The van der Waals surface area contributed by atoms with Crippen molar-refractivity contribution in [1.82, 2.24) is 4.98 Å². The van der Waals surface area contributed by atoms with E-state index in [1.54, 1.807) is 20.2 Å². The first kappa shape index (κ1) is 17.4. The summed E-state index contributed by atoms with van der Waals surface area (Å²) in [7, 11) is 1.68. The van der Waals surface area contributed by atoms with Gasteiger partial charge in [0.1, 0.15) is 5.75 Å². The molecule has 104 valence electrons. The van der Waals surface area contributed by atoms with E-state index in [1.165, 1.54) is 6.92 Å². The molecule has 2 rings (SSSR count). The van der Waals surface area contributed by atoms with E-state index < -0.39 is 0 Å². The topological polar surface area (TPSA) is 48.4 Å². The summed E-state index contributed by atoms with van der Waals surface area (Å²) in [4.78, 5) is 13.9. The maximum atomic E-state index is 9.82. The number of fused-ring (bicyclic) bond motifs is 1. The minimum Gasteiger partial charge on any atom is -0.496 e. The maximum absolute atomic E-state index is 9.82. The Bertz CT molecular complexity index is 512. The number of nitrogens with zero attached hydrogens (tertiary/aromatic N) is 1. The van der Waals surface area contributed by atoms with E-state index in [0.29, 0.717) is 6.61 Å². The van der Waals surface area contributed by atoms with Crippen LogP contribution in [0.2, 0.25) is 0 Å². The van der Waals surface area contributed by atoms with Crippen LogP contribution in [0, 0.1) is 0 Å². The van der Waals surface area contributed by atoms with Gasteiger partial charge < -0.3 is 9.47 Å². The standard InChI is InChI=1S/C10H9NO.C4H8O2.BrH/c1-12-10-4-2-3-8-7-11-6-5-9(8)10;1-3-6-4(2)5;/h2-7H,1H3;3H2,1-2H3;1H. The van der Waals surface area contributed by atoms with Crippen LogP contribution in [-0.4, -0.2) is 24.7 Å². The summed E-state index contributed by atoms with van der Waals surface area (Å²) in [5.74, 6) is 0.687. The summed E-state index contributed by atoms with van der Waals surface area (Å²) in [5, 5.41) is 2.21. The Hall–Kier alpha value is -1.62. The molecule has 0 amide bonds. The van der Waals surface area contributed by atoms with Crippen molar-refractivity contribution < 1.29 is 14.3 Å². The second-order valence-electron chi connectivity index (χ2n) is 3.48. The van der Waals surface area contributed by atoms with Crippen molar-refractivity contribution in [2.45, 2.75) is 13.8 Å². The third-order valence-corrected chi connectivity index (χ3v) is 2.21. The number of pyridine rings is 1. The predicted octanol–water partition coefficient (Wildman–Crippen LogP) is 3.39. The highest BCUT2D eigenvalue weighted by Gasteiger charge is 1.97. The number of carbonyl (C=O) groups is 1. The van der Waals surface area contributed by atoms with E-state index in [9.17, 15) is 4.79 Å². The molecule has 0 atom stereocenters. The molecule has 0 aliphatic heterocycles. The molecule has 4 nitrogen and oxygen atoms in total. The minimum atomic E-state index is -0.211. The Kier molecular flexibility index (Phi) is 8.53. The molecule has 0 N–H and O–H groups in total. The lowest BCUT2D eigenvalue weighted by Crippen LogP contribution is -1.95. The SMILES string of the molecule is Br.CCOC(C)=O.COc1cccc2cnccc12. The number of aromatic nitrogens is 1. The fraction of sp³-hybridized carbons (Fsp3) is 0.286. The zero-order valence-electron chi connectivity index (χ0n) is 11.3. The molecule has 19 heavy (non-hydrogen) atoms. The van der Waals surface area contributed by atoms with E-state index in [1.807, 2.05) is 30.5 Å². The van der Waals surface area contributed by atoms with Gasteiger partial charge in [0.05, 0.1) is 13.7 Å². The summed E-state index contributed by atoms with van der Waals surface area (Å²) in [6, 6.07) is 7.88. The number of halogens is 1. The molecule has 0 saturated carbocycles. The van der Waals surface area contributed by atoms with Crippen LogP contribution in [-0.2, 0) is 9.53 Å². The molecule has 0 saturated heterocycles. The summed E-state index contributed by atoms with van der Waals surface area (Å²) in [5.41, 5.74) is 0. The van der Waals surface area contributed by atoms with Crippen LogP contribution < -0.4 is 4.74 Å². The summed E-state index contributed by atoms with van der Waals surface area (Å²) >= 11 is 0. The van der Waals surface area contributed by atoms with Gasteiger partial charge in [-0.05, 0) is 19.1 Å². The van der Waals surface area contributed by atoms with Gasteiger partial charge >= 0.3 is 5.97 Å². The average molecular weight is 328 g/mol. The van der Waals surface area contributed by atoms with E-state index in [2.05, 4.69) is 9.72 Å². The Labute approximate surface area is 123 Å². The van der Waals surface area contributed by atoms with Crippen LogP contribution in [0.1, 0.15) is 13.8 Å². The number of methoxy groups -OCH3 is 1. The van der Waals surface area contributed by atoms with Crippen molar-refractivity contribution in [3.63, 3.8) is 0 Å². The molecule has 2 aromatic rings. The molecular formula is C14H18BrNO3. The Morgan fingerprint density at radius 1 is 1.32 bits per heavy atom. The molecule has 0 bridgehead atoms.